The first-order valence-corrected chi connectivity index (χ1v) is 9.33. The first kappa shape index (κ1) is 20.5. The third-order valence-electron chi connectivity index (χ3n) is 3.91. The van der Waals surface area contributed by atoms with E-state index in [0.717, 1.165) is 18.7 Å². The van der Waals surface area contributed by atoms with E-state index >= 15 is 0 Å². The lowest BCUT2D eigenvalue weighted by Crippen LogP contribution is -2.28. The normalized spacial score (nSPS) is 10.8. The van der Waals surface area contributed by atoms with E-state index in [4.69, 9.17) is 9.47 Å². The van der Waals surface area contributed by atoms with Gasteiger partial charge in [-0.25, -0.2) is 4.79 Å². The molecule has 0 spiro atoms. The molecule has 136 valence electrons. The van der Waals surface area contributed by atoms with E-state index in [0.29, 0.717) is 18.8 Å². The summed E-state index contributed by atoms with van der Waals surface area (Å²) in [6.45, 7) is 10.8. The van der Waals surface area contributed by atoms with Crippen molar-refractivity contribution in [3.8, 4) is 5.75 Å². The number of hydrogen-bond acceptors (Lipinski definition) is 4. The minimum absolute atomic E-state index is 0.286. The van der Waals surface area contributed by atoms with Gasteiger partial charge in [0.2, 0.25) is 0 Å². The fourth-order valence-corrected chi connectivity index (χ4v) is 2.48. The second-order valence-electron chi connectivity index (χ2n) is 6.00. The fraction of sp³-hybridized carbons (Fsp3) is 0.650. The van der Waals surface area contributed by atoms with Crippen molar-refractivity contribution in [2.24, 2.45) is 0 Å². The van der Waals surface area contributed by atoms with Gasteiger partial charge in [-0.15, -0.1) is 0 Å². The third kappa shape index (κ3) is 8.34. The second-order valence-corrected chi connectivity index (χ2v) is 6.00. The molecule has 0 aromatic heterocycles. The smallest absolute Gasteiger partial charge is 0.338 e. The van der Waals surface area contributed by atoms with Crippen LogP contribution in [0.2, 0.25) is 0 Å². The average molecular weight is 335 g/mol. The van der Waals surface area contributed by atoms with Crippen molar-refractivity contribution in [2.45, 2.75) is 52.9 Å². The fourth-order valence-electron chi connectivity index (χ4n) is 2.48. The summed E-state index contributed by atoms with van der Waals surface area (Å²) in [5.41, 5.74) is 0.564. The minimum Gasteiger partial charge on any atom is -0.494 e. The van der Waals surface area contributed by atoms with Crippen LogP contribution in [0, 0.1) is 0 Å². The summed E-state index contributed by atoms with van der Waals surface area (Å²) in [5.74, 6) is 0.517. The molecule has 24 heavy (non-hydrogen) atoms. The van der Waals surface area contributed by atoms with Crippen LogP contribution in [0.3, 0.4) is 0 Å². The molecule has 0 radical (unpaired) electrons. The van der Waals surface area contributed by atoms with Gasteiger partial charge in [-0.05, 0) is 63.5 Å². The van der Waals surface area contributed by atoms with Crippen molar-refractivity contribution in [1.29, 1.82) is 0 Å². The molecule has 0 unspecified atom stereocenters. The number of carbonyl (C=O) groups is 1. The van der Waals surface area contributed by atoms with Gasteiger partial charge >= 0.3 is 5.97 Å². The average Bonchev–Trinajstić information content (AvgIpc) is 2.61. The quantitative estimate of drug-likeness (QED) is 0.392. The molecule has 0 aliphatic heterocycles. The number of rotatable bonds is 13. The molecular weight excluding hydrogens is 302 g/mol. The molecule has 0 saturated carbocycles. The monoisotopic (exact) mass is 335 g/mol. The number of esters is 1. The maximum absolute atomic E-state index is 11.6. The Kier molecular flexibility index (Phi) is 10.9. The van der Waals surface area contributed by atoms with Gasteiger partial charge in [0.15, 0.2) is 0 Å². The van der Waals surface area contributed by atoms with E-state index < -0.39 is 0 Å². The summed E-state index contributed by atoms with van der Waals surface area (Å²) < 4.78 is 10.8. The van der Waals surface area contributed by atoms with E-state index in [9.17, 15) is 4.79 Å². The van der Waals surface area contributed by atoms with Crippen LogP contribution in [0.5, 0.6) is 5.75 Å². The largest absolute Gasteiger partial charge is 0.494 e. The van der Waals surface area contributed by atoms with Crippen molar-refractivity contribution in [3.63, 3.8) is 0 Å². The molecule has 1 aromatic rings. The molecule has 0 fully saturated rings. The Morgan fingerprint density at radius 3 is 2.04 bits per heavy atom. The Morgan fingerprint density at radius 1 is 0.917 bits per heavy atom. The van der Waals surface area contributed by atoms with Crippen LogP contribution >= 0.6 is 0 Å². The number of carbonyl (C=O) groups excluding carboxylic acids is 1. The Hall–Kier alpha value is -1.55. The van der Waals surface area contributed by atoms with Crippen LogP contribution in [-0.2, 0) is 4.74 Å². The van der Waals surface area contributed by atoms with Crippen LogP contribution in [0.1, 0.15) is 63.2 Å². The van der Waals surface area contributed by atoms with E-state index in [-0.39, 0.29) is 5.97 Å². The summed E-state index contributed by atoms with van der Waals surface area (Å²) in [6, 6.07) is 7.17. The SMILES string of the molecule is CCCCN(CCCC)CCCOc1ccc(C(=O)OCC)cc1. The van der Waals surface area contributed by atoms with Gasteiger partial charge in [0, 0.05) is 6.54 Å². The van der Waals surface area contributed by atoms with Gasteiger partial charge in [-0.3, -0.25) is 0 Å². The summed E-state index contributed by atoms with van der Waals surface area (Å²) >= 11 is 0. The van der Waals surface area contributed by atoms with Gasteiger partial charge < -0.3 is 14.4 Å². The maximum atomic E-state index is 11.6. The Bertz CT molecular complexity index is 437. The van der Waals surface area contributed by atoms with Crippen LogP contribution in [-0.4, -0.2) is 43.7 Å². The van der Waals surface area contributed by atoms with Gasteiger partial charge in [0.1, 0.15) is 5.75 Å². The Labute approximate surface area is 147 Å². The topological polar surface area (TPSA) is 38.8 Å². The molecule has 1 rings (SSSR count). The zero-order valence-electron chi connectivity index (χ0n) is 15.6. The second kappa shape index (κ2) is 12.8. The van der Waals surface area contributed by atoms with Crippen molar-refractivity contribution in [1.82, 2.24) is 4.90 Å². The molecule has 0 aliphatic rings. The molecule has 0 bridgehead atoms. The summed E-state index contributed by atoms with van der Waals surface area (Å²) in [4.78, 5) is 14.1. The highest BCUT2D eigenvalue weighted by Crippen LogP contribution is 2.13. The highest BCUT2D eigenvalue weighted by atomic mass is 16.5. The molecule has 4 heteroatoms. The van der Waals surface area contributed by atoms with Crippen LogP contribution < -0.4 is 4.74 Å². The third-order valence-corrected chi connectivity index (χ3v) is 3.91. The highest BCUT2D eigenvalue weighted by Gasteiger charge is 2.06. The zero-order chi connectivity index (χ0) is 17.6. The van der Waals surface area contributed by atoms with Crippen LogP contribution in [0.15, 0.2) is 24.3 Å². The predicted octanol–water partition coefficient (Wildman–Crippen LogP) is 4.53. The summed E-state index contributed by atoms with van der Waals surface area (Å²) in [7, 11) is 0. The molecule has 4 nitrogen and oxygen atoms in total. The number of benzene rings is 1. The lowest BCUT2D eigenvalue weighted by Gasteiger charge is -2.21. The van der Waals surface area contributed by atoms with Crippen LogP contribution in [0.4, 0.5) is 0 Å². The van der Waals surface area contributed by atoms with Crippen molar-refractivity contribution in [2.75, 3.05) is 32.8 Å². The number of unbranched alkanes of at least 4 members (excludes halogenated alkanes) is 2. The lowest BCUT2D eigenvalue weighted by atomic mass is 10.2. The van der Waals surface area contributed by atoms with Crippen LogP contribution in [0.25, 0.3) is 0 Å². The molecule has 0 atom stereocenters. The zero-order valence-corrected chi connectivity index (χ0v) is 15.6. The van der Waals surface area contributed by atoms with E-state index in [1.807, 2.05) is 12.1 Å². The lowest BCUT2D eigenvalue weighted by molar-refractivity contribution is 0.0526. The van der Waals surface area contributed by atoms with E-state index in [1.54, 1.807) is 19.1 Å². The van der Waals surface area contributed by atoms with Gasteiger partial charge in [0.05, 0.1) is 18.8 Å². The number of ether oxygens (including phenoxy) is 2. The van der Waals surface area contributed by atoms with E-state index in [1.165, 1.54) is 38.8 Å². The van der Waals surface area contributed by atoms with Crippen molar-refractivity contribution >= 4 is 5.97 Å². The summed E-state index contributed by atoms with van der Waals surface area (Å²) in [6.07, 6.45) is 6.03. The maximum Gasteiger partial charge on any atom is 0.338 e. The minimum atomic E-state index is -0.286. The molecule has 1 aromatic carbocycles. The van der Waals surface area contributed by atoms with Crippen molar-refractivity contribution < 1.29 is 14.3 Å². The summed E-state index contributed by atoms with van der Waals surface area (Å²) in [5, 5.41) is 0. The van der Waals surface area contributed by atoms with Gasteiger partial charge in [-0.2, -0.15) is 0 Å². The molecule has 0 amide bonds. The van der Waals surface area contributed by atoms with Gasteiger partial charge in [-0.1, -0.05) is 26.7 Å². The Balaban J connectivity index is 2.31. The highest BCUT2D eigenvalue weighted by molar-refractivity contribution is 5.89. The first-order chi connectivity index (χ1) is 11.7. The van der Waals surface area contributed by atoms with E-state index in [2.05, 4.69) is 18.7 Å². The van der Waals surface area contributed by atoms with Gasteiger partial charge in [0.25, 0.3) is 0 Å². The molecule has 0 N–H and O–H groups in total. The first-order valence-electron chi connectivity index (χ1n) is 9.33. The molecular formula is C20H33NO3. The number of hydrogen-bond donors (Lipinski definition) is 0. The Morgan fingerprint density at radius 2 is 1.50 bits per heavy atom. The van der Waals surface area contributed by atoms with Crippen molar-refractivity contribution in [3.05, 3.63) is 29.8 Å². The molecule has 0 saturated heterocycles. The molecule has 0 heterocycles. The standard InChI is InChI=1S/C20H33NO3/c1-4-7-14-21(15-8-5-2)16-9-17-24-19-12-10-18(11-13-19)20(22)23-6-3/h10-13H,4-9,14-17H2,1-3H3. The predicted molar refractivity (Wildman–Crippen MR) is 98.8 cm³/mol. The molecule has 0 aliphatic carbocycles. The number of nitrogens with zero attached hydrogens (tertiary/aromatic N) is 1.